The third-order valence-corrected chi connectivity index (χ3v) is 14.5. The maximum atomic E-state index is 14.2. The van der Waals surface area contributed by atoms with Crippen molar-refractivity contribution < 1.29 is 31.9 Å². The first kappa shape index (κ1) is 36.2. The topological polar surface area (TPSA) is 129 Å². The number of amides is 1. The number of hydrogen-bond donors (Lipinski definition) is 1. The van der Waals surface area contributed by atoms with Crippen LogP contribution in [0.2, 0.25) is 5.04 Å². The van der Waals surface area contributed by atoms with Gasteiger partial charge in [0.1, 0.15) is 11.9 Å². The highest BCUT2D eigenvalue weighted by molar-refractivity contribution is 6.99. The van der Waals surface area contributed by atoms with Crippen LogP contribution in [0.3, 0.4) is 0 Å². The van der Waals surface area contributed by atoms with Crippen LogP contribution in [0.25, 0.3) is 11.3 Å². The number of carbonyl (C=O) groups excluding carboxylic acids is 1. The quantitative estimate of drug-likeness (QED) is 0.223. The van der Waals surface area contributed by atoms with Gasteiger partial charge >= 0.3 is 12.3 Å². The van der Waals surface area contributed by atoms with Gasteiger partial charge in [-0.3, -0.25) is 4.90 Å². The molecule has 3 atom stereocenters. The number of aromatic nitrogens is 4. The molecule has 0 spiro atoms. The lowest BCUT2D eigenvalue weighted by molar-refractivity contribution is -0.140. The van der Waals surface area contributed by atoms with Crippen LogP contribution in [-0.2, 0) is 20.1 Å². The lowest BCUT2D eigenvalue weighted by atomic mass is 10.1. The molecule has 4 aromatic rings. The summed E-state index contributed by atoms with van der Waals surface area (Å²) in [6.45, 7) is 12.0. The maximum Gasteiger partial charge on any atom is 0.434 e. The third-order valence-electron chi connectivity index (χ3n) is 9.35. The molecule has 0 aliphatic carbocycles. The molecule has 0 radical (unpaired) electrons. The van der Waals surface area contributed by atoms with Crippen LogP contribution < -0.4 is 25.9 Å². The van der Waals surface area contributed by atoms with E-state index in [0.29, 0.717) is 32.7 Å². The van der Waals surface area contributed by atoms with Crippen molar-refractivity contribution >= 4 is 42.5 Å². The Morgan fingerprint density at radius 3 is 2.16 bits per heavy atom. The second-order valence-electron chi connectivity index (χ2n) is 13.9. The van der Waals surface area contributed by atoms with E-state index < -0.39 is 44.4 Å². The minimum absolute atomic E-state index is 0.0898. The number of hydrogen-bond acceptors (Lipinski definition) is 10. The van der Waals surface area contributed by atoms with Gasteiger partial charge in [-0.15, -0.1) is 0 Å². The zero-order valence-electron chi connectivity index (χ0n) is 29.2. The van der Waals surface area contributed by atoms with Gasteiger partial charge in [-0.1, -0.05) is 81.4 Å². The smallest absolute Gasteiger partial charge is 0.434 e. The number of cyclic esters (lactones) is 1. The van der Waals surface area contributed by atoms with Gasteiger partial charge in [-0.2, -0.15) is 18.2 Å². The van der Waals surface area contributed by atoms with Crippen molar-refractivity contribution in [3.05, 3.63) is 78.6 Å². The normalized spacial score (nSPS) is 19.3. The molecule has 0 bridgehead atoms. The van der Waals surface area contributed by atoms with Gasteiger partial charge in [0.15, 0.2) is 5.69 Å². The average Bonchev–Trinajstić information content (AvgIpc) is 3.38. The minimum atomic E-state index is -4.84. The Labute approximate surface area is 296 Å². The first-order valence-corrected chi connectivity index (χ1v) is 18.8. The zero-order chi connectivity index (χ0) is 36.6. The van der Waals surface area contributed by atoms with Crippen molar-refractivity contribution in [3.63, 3.8) is 0 Å². The average molecular weight is 722 g/mol. The van der Waals surface area contributed by atoms with Gasteiger partial charge in [0, 0.05) is 43.4 Å². The summed E-state index contributed by atoms with van der Waals surface area (Å²) in [6.07, 6.45) is -5.12. The number of rotatable bonds is 9. The van der Waals surface area contributed by atoms with Crippen molar-refractivity contribution in [1.82, 2.24) is 19.9 Å². The SMILES string of the molecule is C[C@H](C[C@H]1OC(=O)N(c2cc(-c3cnc(N)nc3C(F)(F)F)nc(N3CCOCC3)n2)[C@H]1C)O[Si](c1ccccc1)(c1ccccc1)C(C)(C)C. The molecule has 51 heavy (non-hydrogen) atoms. The summed E-state index contributed by atoms with van der Waals surface area (Å²) in [5.74, 6) is -0.294. The van der Waals surface area contributed by atoms with Crippen molar-refractivity contribution in [2.75, 3.05) is 41.8 Å². The van der Waals surface area contributed by atoms with Gasteiger partial charge in [0.25, 0.3) is 8.32 Å². The molecule has 15 heteroatoms. The summed E-state index contributed by atoms with van der Waals surface area (Å²) < 4.78 is 61.2. The van der Waals surface area contributed by atoms with E-state index in [1.807, 2.05) is 50.2 Å². The number of benzene rings is 2. The molecule has 1 amide bonds. The molecule has 2 aliphatic rings. The predicted molar refractivity (Wildman–Crippen MR) is 190 cm³/mol. The van der Waals surface area contributed by atoms with Crippen molar-refractivity contribution in [3.8, 4) is 11.3 Å². The number of anilines is 3. The van der Waals surface area contributed by atoms with E-state index in [2.05, 4.69) is 65.0 Å². The fourth-order valence-corrected chi connectivity index (χ4v) is 11.6. The van der Waals surface area contributed by atoms with Gasteiger partial charge in [0.2, 0.25) is 11.9 Å². The standard InChI is InChI=1S/C36H42F3N7O4Si/c1-23(50-51(35(3,4)5,25-12-8-6-9-13-25)26-14-10-7-11-15-26)20-29-24(2)46(34(47)49-29)30-21-28(42-33(43-30)45-16-18-48-19-17-45)27-22-41-32(40)44-31(27)36(37,38)39/h6-15,21-24,29H,16-20H2,1-5H3,(H2,40,41,44)/t23-,24+,29-/m1/s1. The van der Waals surface area contributed by atoms with Crippen LogP contribution >= 0.6 is 0 Å². The highest BCUT2D eigenvalue weighted by Gasteiger charge is 2.52. The minimum Gasteiger partial charge on any atom is -0.443 e. The van der Waals surface area contributed by atoms with Crippen LogP contribution in [0.5, 0.6) is 0 Å². The molecule has 11 nitrogen and oxygen atoms in total. The van der Waals surface area contributed by atoms with Crippen LogP contribution in [0.4, 0.5) is 35.7 Å². The Balaban J connectivity index is 1.34. The van der Waals surface area contributed by atoms with Crippen molar-refractivity contribution in [2.45, 2.75) is 70.5 Å². The molecule has 2 aromatic heterocycles. The second kappa shape index (κ2) is 14.2. The van der Waals surface area contributed by atoms with E-state index in [4.69, 9.17) is 19.6 Å². The maximum absolute atomic E-state index is 14.2. The summed E-state index contributed by atoms with van der Waals surface area (Å²) in [5.41, 5.74) is 3.80. The van der Waals surface area contributed by atoms with Crippen LogP contribution in [0, 0.1) is 0 Å². The van der Waals surface area contributed by atoms with Gasteiger partial charge in [-0.05, 0) is 29.3 Å². The number of alkyl halides is 3. The van der Waals surface area contributed by atoms with Gasteiger partial charge < -0.3 is 24.5 Å². The lowest BCUT2D eigenvalue weighted by Crippen LogP contribution is -2.67. The summed E-state index contributed by atoms with van der Waals surface area (Å²) in [4.78, 5) is 33.3. The molecular weight excluding hydrogens is 680 g/mol. The van der Waals surface area contributed by atoms with Crippen LogP contribution in [0.1, 0.15) is 46.7 Å². The third kappa shape index (κ3) is 7.28. The molecule has 2 N–H and O–H groups in total. The number of halogens is 3. The Morgan fingerprint density at radius 2 is 1.59 bits per heavy atom. The molecule has 6 rings (SSSR count). The zero-order valence-corrected chi connectivity index (χ0v) is 30.2. The number of carbonyl (C=O) groups is 1. The first-order chi connectivity index (χ1) is 24.2. The largest absolute Gasteiger partial charge is 0.443 e. The molecule has 2 aliphatic heterocycles. The molecule has 2 fully saturated rings. The number of morpholine rings is 1. The van der Waals surface area contributed by atoms with E-state index in [0.717, 1.165) is 16.6 Å². The van der Waals surface area contributed by atoms with E-state index >= 15 is 0 Å². The highest BCUT2D eigenvalue weighted by atomic mass is 28.4. The molecule has 4 heterocycles. The van der Waals surface area contributed by atoms with E-state index in [-0.39, 0.29) is 34.2 Å². The fraction of sp³-hybridized carbons (Fsp3) is 0.417. The molecule has 0 saturated carbocycles. The Morgan fingerprint density at radius 1 is 0.980 bits per heavy atom. The summed E-state index contributed by atoms with van der Waals surface area (Å²) >= 11 is 0. The Bertz CT molecular complexity index is 1800. The fourth-order valence-electron chi connectivity index (χ4n) is 6.92. The van der Waals surface area contributed by atoms with E-state index in [1.54, 1.807) is 4.90 Å². The lowest BCUT2D eigenvalue weighted by Gasteiger charge is -2.45. The summed E-state index contributed by atoms with van der Waals surface area (Å²) in [5, 5.41) is 1.99. The molecule has 0 unspecified atom stereocenters. The number of nitrogen functional groups attached to an aromatic ring is 1. The summed E-state index contributed by atoms with van der Waals surface area (Å²) in [7, 11) is -2.90. The predicted octanol–water partition coefficient (Wildman–Crippen LogP) is 5.44. The number of nitrogens with zero attached hydrogens (tertiary/aromatic N) is 6. The van der Waals surface area contributed by atoms with Gasteiger partial charge in [0.05, 0.1) is 24.9 Å². The van der Waals surface area contributed by atoms with Gasteiger partial charge in [-0.25, -0.2) is 19.7 Å². The van der Waals surface area contributed by atoms with Crippen molar-refractivity contribution in [2.24, 2.45) is 0 Å². The molecular formula is C36H42F3N7O4Si. The number of ether oxygens (including phenoxy) is 2. The monoisotopic (exact) mass is 721 g/mol. The molecule has 270 valence electrons. The first-order valence-electron chi connectivity index (χ1n) is 16.9. The Kier molecular flexibility index (Phi) is 10.1. The summed E-state index contributed by atoms with van der Waals surface area (Å²) in [6, 6.07) is 21.3. The molecule has 2 saturated heterocycles. The van der Waals surface area contributed by atoms with Crippen LogP contribution in [-0.4, -0.2) is 78.9 Å². The van der Waals surface area contributed by atoms with Crippen LogP contribution in [0.15, 0.2) is 72.9 Å². The molecule has 2 aromatic carbocycles. The highest BCUT2D eigenvalue weighted by Crippen LogP contribution is 2.40. The Hall–Kier alpha value is -4.60. The second-order valence-corrected chi connectivity index (χ2v) is 18.1. The number of nitrogens with two attached hydrogens (primary N) is 1. The van der Waals surface area contributed by atoms with E-state index in [9.17, 15) is 18.0 Å². The van der Waals surface area contributed by atoms with E-state index in [1.165, 1.54) is 11.0 Å². The van der Waals surface area contributed by atoms with Crippen molar-refractivity contribution in [1.29, 1.82) is 0 Å².